The fourth-order valence-corrected chi connectivity index (χ4v) is 1.07. The molecule has 0 atom stereocenters. The molecule has 0 radical (unpaired) electrons. The van der Waals surface area contributed by atoms with Crippen molar-refractivity contribution in [1.82, 2.24) is 0 Å². The molecule has 1 amide bonds. The molecule has 3 nitrogen and oxygen atoms in total. The molecule has 0 spiro atoms. The monoisotopic (exact) mass is 198 g/mol. The third-order valence-electron chi connectivity index (χ3n) is 1.76. The Morgan fingerprint density at radius 1 is 1.46 bits per heavy atom. The molecule has 13 heavy (non-hydrogen) atoms. The van der Waals surface area contributed by atoms with Gasteiger partial charge in [-0.15, -0.1) is 0 Å². The van der Waals surface area contributed by atoms with Gasteiger partial charge in [-0.05, 0) is 24.3 Å². The van der Waals surface area contributed by atoms with Crippen LogP contribution in [0.25, 0.3) is 0 Å². The van der Waals surface area contributed by atoms with Gasteiger partial charge in [0.05, 0.1) is 6.54 Å². The number of hydrogen-bond donors (Lipinski definition) is 1. The zero-order valence-corrected chi connectivity index (χ0v) is 8.08. The molecule has 1 aromatic carbocycles. The molecular formula is C9H11ClN2O. The van der Waals surface area contributed by atoms with Gasteiger partial charge in [0.15, 0.2) is 0 Å². The minimum atomic E-state index is -0.123. The van der Waals surface area contributed by atoms with Crippen LogP contribution in [0.3, 0.4) is 0 Å². The fraction of sp³-hybridized carbons (Fsp3) is 0.222. The van der Waals surface area contributed by atoms with E-state index in [9.17, 15) is 4.79 Å². The van der Waals surface area contributed by atoms with E-state index in [0.29, 0.717) is 5.02 Å². The summed E-state index contributed by atoms with van der Waals surface area (Å²) < 4.78 is 0. The number of nitrogens with zero attached hydrogens (tertiary/aromatic N) is 1. The number of likely N-dealkylation sites (N-methyl/N-ethyl adjacent to an activating group) is 1. The fourth-order valence-electron chi connectivity index (χ4n) is 0.946. The zero-order valence-electron chi connectivity index (χ0n) is 7.33. The summed E-state index contributed by atoms with van der Waals surface area (Å²) in [5, 5.41) is 0.650. The highest BCUT2D eigenvalue weighted by molar-refractivity contribution is 6.30. The summed E-state index contributed by atoms with van der Waals surface area (Å²) >= 11 is 5.70. The van der Waals surface area contributed by atoms with Gasteiger partial charge in [-0.1, -0.05) is 11.6 Å². The first kappa shape index (κ1) is 10.0. The quantitative estimate of drug-likeness (QED) is 0.778. The molecule has 2 N–H and O–H groups in total. The lowest BCUT2D eigenvalue weighted by Gasteiger charge is -2.15. The SMILES string of the molecule is CN(C(=O)CN)c1ccc(Cl)cc1. The Morgan fingerprint density at radius 2 is 2.00 bits per heavy atom. The van der Waals surface area contributed by atoms with Gasteiger partial charge in [0.25, 0.3) is 0 Å². The maximum absolute atomic E-state index is 11.2. The molecule has 4 heteroatoms. The summed E-state index contributed by atoms with van der Waals surface area (Å²) in [6.07, 6.45) is 0. The first-order valence-corrected chi connectivity index (χ1v) is 4.25. The van der Waals surface area contributed by atoms with Gasteiger partial charge in [0.1, 0.15) is 0 Å². The molecule has 0 saturated heterocycles. The smallest absolute Gasteiger partial charge is 0.240 e. The number of anilines is 1. The molecule has 0 aliphatic carbocycles. The topological polar surface area (TPSA) is 46.3 Å². The van der Waals surface area contributed by atoms with E-state index in [0.717, 1.165) is 5.69 Å². The summed E-state index contributed by atoms with van der Waals surface area (Å²) in [4.78, 5) is 12.7. The Kier molecular flexibility index (Phi) is 3.28. The van der Waals surface area contributed by atoms with Crippen molar-refractivity contribution < 1.29 is 4.79 Å². The van der Waals surface area contributed by atoms with Crippen LogP contribution in [0.15, 0.2) is 24.3 Å². The van der Waals surface area contributed by atoms with Gasteiger partial charge in [-0.2, -0.15) is 0 Å². The lowest BCUT2D eigenvalue weighted by Crippen LogP contribution is -2.32. The average Bonchev–Trinajstić information content (AvgIpc) is 2.17. The van der Waals surface area contributed by atoms with Crippen LogP contribution in [-0.2, 0) is 4.79 Å². The first-order chi connectivity index (χ1) is 6.15. The number of carbonyl (C=O) groups is 1. The highest BCUT2D eigenvalue weighted by Gasteiger charge is 2.07. The van der Waals surface area contributed by atoms with E-state index in [2.05, 4.69) is 0 Å². The first-order valence-electron chi connectivity index (χ1n) is 3.87. The van der Waals surface area contributed by atoms with Crippen LogP contribution in [0.5, 0.6) is 0 Å². The normalized spacial score (nSPS) is 9.77. The van der Waals surface area contributed by atoms with Crippen molar-refractivity contribution in [3.05, 3.63) is 29.3 Å². The Labute approximate surface area is 82.1 Å². The second kappa shape index (κ2) is 4.25. The number of hydrogen-bond acceptors (Lipinski definition) is 2. The molecular weight excluding hydrogens is 188 g/mol. The van der Waals surface area contributed by atoms with Crippen LogP contribution in [0, 0.1) is 0 Å². The molecule has 70 valence electrons. The summed E-state index contributed by atoms with van der Waals surface area (Å²) in [6, 6.07) is 7.01. The summed E-state index contributed by atoms with van der Waals surface area (Å²) in [7, 11) is 1.68. The predicted octanol–water partition coefficient (Wildman–Crippen LogP) is 1.26. The van der Waals surface area contributed by atoms with Crippen LogP contribution in [-0.4, -0.2) is 19.5 Å². The third-order valence-corrected chi connectivity index (χ3v) is 2.01. The lowest BCUT2D eigenvalue weighted by atomic mass is 10.3. The molecule has 0 aromatic heterocycles. The van der Waals surface area contributed by atoms with Crippen LogP contribution in [0.4, 0.5) is 5.69 Å². The van der Waals surface area contributed by atoms with E-state index in [1.807, 2.05) is 0 Å². The number of carbonyl (C=O) groups excluding carboxylic acids is 1. The highest BCUT2D eigenvalue weighted by atomic mass is 35.5. The van der Waals surface area contributed by atoms with Crippen molar-refractivity contribution >= 4 is 23.2 Å². The number of amides is 1. The molecule has 0 aliphatic rings. The molecule has 0 fully saturated rings. The van der Waals surface area contributed by atoms with E-state index >= 15 is 0 Å². The largest absolute Gasteiger partial charge is 0.322 e. The van der Waals surface area contributed by atoms with E-state index in [1.165, 1.54) is 4.90 Å². The van der Waals surface area contributed by atoms with Crippen LogP contribution in [0.2, 0.25) is 5.02 Å². The van der Waals surface area contributed by atoms with Crippen LogP contribution < -0.4 is 10.6 Å². The molecule has 0 saturated carbocycles. The average molecular weight is 199 g/mol. The van der Waals surface area contributed by atoms with Gasteiger partial charge in [0, 0.05) is 17.8 Å². The van der Waals surface area contributed by atoms with Crippen molar-refractivity contribution in [2.75, 3.05) is 18.5 Å². The van der Waals surface area contributed by atoms with Crippen molar-refractivity contribution in [1.29, 1.82) is 0 Å². The van der Waals surface area contributed by atoms with Crippen LogP contribution >= 0.6 is 11.6 Å². The number of nitrogens with two attached hydrogens (primary N) is 1. The maximum Gasteiger partial charge on any atom is 0.240 e. The number of benzene rings is 1. The number of halogens is 1. The summed E-state index contributed by atoms with van der Waals surface area (Å²) in [5.41, 5.74) is 6.01. The number of rotatable bonds is 2. The van der Waals surface area contributed by atoms with Crippen molar-refractivity contribution in [3.63, 3.8) is 0 Å². The second-order valence-electron chi connectivity index (χ2n) is 2.63. The molecule has 0 heterocycles. The third kappa shape index (κ3) is 2.44. The Morgan fingerprint density at radius 3 is 2.46 bits per heavy atom. The summed E-state index contributed by atoms with van der Waals surface area (Å²) in [5.74, 6) is -0.123. The minimum absolute atomic E-state index is 0.0130. The maximum atomic E-state index is 11.2. The van der Waals surface area contributed by atoms with E-state index in [-0.39, 0.29) is 12.5 Å². The van der Waals surface area contributed by atoms with Crippen molar-refractivity contribution in [2.24, 2.45) is 5.73 Å². The zero-order chi connectivity index (χ0) is 9.84. The minimum Gasteiger partial charge on any atom is -0.322 e. The Hall–Kier alpha value is -1.06. The Bertz CT molecular complexity index is 297. The van der Waals surface area contributed by atoms with Gasteiger partial charge in [-0.25, -0.2) is 0 Å². The van der Waals surface area contributed by atoms with Gasteiger partial charge in [-0.3, -0.25) is 4.79 Å². The van der Waals surface area contributed by atoms with Gasteiger partial charge < -0.3 is 10.6 Å². The van der Waals surface area contributed by atoms with Crippen LogP contribution in [0.1, 0.15) is 0 Å². The molecule has 0 unspecified atom stereocenters. The molecule has 1 rings (SSSR count). The highest BCUT2D eigenvalue weighted by Crippen LogP contribution is 2.16. The second-order valence-corrected chi connectivity index (χ2v) is 3.07. The van der Waals surface area contributed by atoms with Gasteiger partial charge in [0.2, 0.25) is 5.91 Å². The standard InChI is InChI=1S/C9H11ClN2O/c1-12(9(13)6-11)8-4-2-7(10)3-5-8/h2-5H,6,11H2,1H3. The molecule has 0 aliphatic heterocycles. The van der Waals surface area contributed by atoms with Gasteiger partial charge >= 0.3 is 0 Å². The van der Waals surface area contributed by atoms with E-state index in [4.69, 9.17) is 17.3 Å². The molecule has 0 bridgehead atoms. The Balaban J connectivity index is 2.83. The lowest BCUT2D eigenvalue weighted by molar-refractivity contribution is -0.117. The van der Waals surface area contributed by atoms with Crippen molar-refractivity contribution in [2.45, 2.75) is 0 Å². The predicted molar refractivity (Wildman–Crippen MR) is 53.9 cm³/mol. The summed E-state index contributed by atoms with van der Waals surface area (Å²) in [6.45, 7) is 0.0130. The molecule has 1 aromatic rings. The van der Waals surface area contributed by atoms with E-state index in [1.54, 1.807) is 31.3 Å². The van der Waals surface area contributed by atoms with Crippen molar-refractivity contribution in [3.8, 4) is 0 Å². The van der Waals surface area contributed by atoms with E-state index < -0.39 is 0 Å².